The standard InChI is InChI=1S/C17H32N2O/c1-2-18-13-11-14-7-6-8-15(12-13)19(14)16-9-4-3-5-10-17(16)20/h13-18,20H,2-12H2,1H3. The fraction of sp³-hybridized carbons (Fsp3) is 1.00. The van der Waals surface area contributed by atoms with Crippen LogP contribution < -0.4 is 5.32 Å². The Morgan fingerprint density at radius 1 is 0.950 bits per heavy atom. The van der Waals surface area contributed by atoms with Crippen LogP contribution in [0.2, 0.25) is 0 Å². The number of fused-ring (bicyclic) bond motifs is 2. The van der Waals surface area contributed by atoms with Crippen molar-refractivity contribution in [1.29, 1.82) is 0 Å². The molecule has 0 aromatic carbocycles. The van der Waals surface area contributed by atoms with E-state index in [2.05, 4.69) is 17.1 Å². The molecular formula is C17H32N2O. The Morgan fingerprint density at radius 3 is 2.35 bits per heavy atom. The maximum Gasteiger partial charge on any atom is 0.0695 e. The summed E-state index contributed by atoms with van der Waals surface area (Å²) in [5.74, 6) is 0. The van der Waals surface area contributed by atoms with E-state index in [1.165, 1.54) is 57.8 Å². The molecule has 0 spiro atoms. The van der Waals surface area contributed by atoms with Crippen molar-refractivity contribution in [2.24, 2.45) is 0 Å². The van der Waals surface area contributed by atoms with Gasteiger partial charge in [-0.2, -0.15) is 0 Å². The molecule has 20 heavy (non-hydrogen) atoms. The Hall–Kier alpha value is -0.120. The van der Waals surface area contributed by atoms with E-state index >= 15 is 0 Å². The predicted molar refractivity (Wildman–Crippen MR) is 82.8 cm³/mol. The zero-order chi connectivity index (χ0) is 13.9. The molecule has 3 nitrogen and oxygen atoms in total. The maximum absolute atomic E-state index is 10.6. The highest BCUT2D eigenvalue weighted by Gasteiger charge is 2.43. The molecule has 116 valence electrons. The fourth-order valence-corrected chi connectivity index (χ4v) is 5.03. The third kappa shape index (κ3) is 3.05. The van der Waals surface area contributed by atoms with Crippen LogP contribution in [0.25, 0.3) is 0 Å². The second-order valence-corrected chi connectivity index (χ2v) is 7.18. The zero-order valence-electron chi connectivity index (χ0n) is 13.1. The molecule has 2 aliphatic heterocycles. The highest BCUT2D eigenvalue weighted by molar-refractivity contribution is 4.99. The van der Waals surface area contributed by atoms with Crippen molar-refractivity contribution < 1.29 is 5.11 Å². The van der Waals surface area contributed by atoms with E-state index in [0.29, 0.717) is 6.04 Å². The Morgan fingerprint density at radius 2 is 1.65 bits per heavy atom. The second kappa shape index (κ2) is 6.76. The van der Waals surface area contributed by atoms with Crippen molar-refractivity contribution in [2.45, 2.75) is 101 Å². The normalized spacial score (nSPS) is 43.2. The van der Waals surface area contributed by atoms with Crippen LogP contribution in [0.15, 0.2) is 0 Å². The molecule has 3 rings (SSSR count). The molecule has 1 saturated carbocycles. The van der Waals surface area contributed by atoms with Gasteiger partial charge >= 0.3 is 0 Å². The number of rotatable bonds is 3. The van der Waals surface area contributed by atoms with Gasteiger partial charge in [-0.1, -0.05) is 32.6 Å². The van der Waals surface area contributed by atoms with E-state index in [1.54, 1.807) is 0 Å². The molecule has 0 amide bonds. The number of hydrogen-bond acceptors (Lipinski definition) is 3. The lowest BCUT2D eigenvalue weighted by Crippen LogP contribution is -2.61. The Labute approximate surface area is 124 Å². The van der Waals surface area contributed by atoms with Gasteiger partial charge in [0.25, 0.3) is 0 Å². The van der Waals surface area contributed by atoms with E-state index in [9.17, 15) is 5.11 Å². The van der Waals surface area contributed by atoms with E-state index in [1.807, 2.05) is 0 Å². The van der Waals surface area contributed by atoms with Crippen molar-refractivity contribution >= 4 is 0 Å². The molecule has 2 bridgehead atoms. The molecule has 3 fully saturated rings. The molecule has 4 atom stereocenters. The van der Waals surface area contributed by atoms with Gasteiger partial charge in [-0.05, 0) is 45.1 Å². The second-order valence-electron chi connectivity index (χ2n) is 7.18. The molecule has 2 saturated heterocycles. The molecule has 2 N–H and O–H groups in total. The third-order valence-corrected chi connectivity index (χ3v) is 5.85. The van der Waals surface area contributed by atoms with Crippen molar-refractivity contribution in [3.8, 4) is 0 Å². The summed E-state index contributed by atoms with van der Waals surface area (Å²) in [6.45, 7) is 3.31. The minimum Gasteiger partial charge on any atom is -0.391 e. The number of nitrogens with one attached hydrogen (secondary N) is 1. The Balaban J connectivity index is 1.72. The van der Waals surface area contributed by atoms with Gasteiger partial charge in [0.2, 0.25) is 0 Å². The molecule has 1 aliphatic carbocycles. The van der Waals surface area contributed by atoms with Gasteiger partial charge < -0.3 is 10.4 Å². The lowest BCUT2D eigenvalue weighted by molar-refractivity contribution is -0.0574. The van der Waals surface area contributed by atoms with Gasteiger partial charge in [0.05, 0.1) is 6.10 Å². The molecule has 2 heterocycles. The summed E-state index contributed by atoms with van der Waals surface area (Å²) < 4.78 is 0. The van der Waals surface area contributed by atoms with Crippen molar-refractivity contribution in [1.82, 2.24) is 10.2 Å². The molecule has 3 aliphatic rings. The Bertz CT molecular complexity index is 295. The summed E-state index contributed by atoms with van der Waals surface area (Å²) >= 11 is 0. The minimum atomic E-state index is -0.0729. The quantitative estimate of drug-likeness (QED) is 0.780. The summed E-state index contributed by atoms with van der Waals surface area (Å²) in [6.07, 6.45) is 12.7. The average Bonchev–Trinajstić information content (AvgIpc) is 2.63. The maximum atomic E-state index is 10.6. The summed E-state index contributed by atoms with van der Waals surface area (Å²) in [6, 6.07) is 2.62. The van der Waals surface area contributed by atoms with Crippen LogP contribution in [-0.2, 0) is 0 Å². The van der Waals surface area contributed by atoms with Gasteiger partial charge in [0, 0.05) is 24.2 Å². The topological polar surface area (TPSA) is 35.5 Å². The summed E-state index contributed by atoms with van der Waals surface area (Å²) in [5.41, 5.74) is 0. The number of aliphatic hydroxyl groups is 1. The Kier molecular flexibility index (Phi) is 5.00. The van der Waals surface area contributed by atoms with Gasteiger partial charge in [-0.25, -0.2) is 0 Å². The van der Waals surface area contributed by atoms with Gasteiger partial charge in [-0.3, -0.25) is 4.90 Å². The van der Waals surface area contributed by atoms with E-state index in [4.69, 9.17) is 0 Å². The summed E-state index contributed by atoms with van der Waals surface area (Å²) in [4.78, 5) is 2.77. The lowest BCUT2D eigenvalue weighted by atomic mass is 9.79. The fourth-order valence-electron chi connectivity index (χ4n) is 5.03. The number of nitrogens with zero attached hydrogens (tertiary/aromatic N) is 1. The van der Waals surface area contributed by atoms with Gasteiger partial charge in [0.15, 0.2) is 0 Å². The number of piperidine rings is 2. The van der Waals surface area contributed by atoms with E-state index in [-0.39, 0.29) is 6.10 Å². The van der Waals surface area contributed by atoms with Crippen molar-refractivity contribution in [2.75, 3.05) is 6.54 Å². The molecule has 0 aromatic heterocycles. The molecule has 4 unspecified atom stereocenters. The predicted octanol–water partition coefficient (Wildman–Crippen LogP) is 2.68. The summed E-state index contributed by atoms with van der Waals surface area (Å²) in [5, 5.41) is 14.2. The van der Waals surface area contributed by atoms with Gasteiger partial charge in [0.1, 0.15) is 0 Å². The first-order chi connectivity index (χ1) is 9.79. The molecule has 3 heteroatoms. The lowest BCUT2D eigenvalue weighted by Gasteiger charge is -2.53. The zero-order valence-corrected chi connectivity index (χ0v) is 13.1. The third-order valence-electron chi connectivity index (χ3n) is 5.85. The van der Waals surface area contributed by atoms with Crippen LogP contribution in [0.3, 0.4) is 0 Å². The molecular weight excluding hydrogens is 248 g/mol. The van der Waals surface area contributed by atoms with Crippen LogP contribution in [-0.4, -0.2) is 46.8 Å². The van der Waals surface area contributed by atoms with Crippen LogP contribution in [0.1, 0.15) is 71.1 Å². The first kappa shape index (κ1) is 14.8. The van der Waals surface area contributed by atoms with Crippen LogP contribution >= 0.6 is 0 Å². The van der Waals surface area contributed by atoms with E-state index in [0.717, 1.165) is 31.1 Å². The highest BCUT2D eigenvalue weighted by Crippen LogP contribution is 2.38. The van der Waals surface area contributed by atoms with Crippen molar-refractivity contribution in [3.63, 3.8) is 0 Å². The first-order valence-electron chi connectivity index (χ1n) is 8.98. The monoisotopic (exact) mass is 280 g/mol. The van der Waals surface area contributed by atoms with E-state index < -0.39 is 0 Å². The van der Waals surface area contributed by atoms with Crippen LogP contribution in [0.5, 0.6) is 0 Å². The smallest absolute Gasteiger partial charge is 0.0695 e. The van der Waals surface area contributed by atoms with Gasteiger partial charge in [-0.15, -0.1) is 0 Å². The number of hydrogen-bond donors (Lipinski definition) is 2. The summed E-state index contributed by atoms with van der Waals surface area (Å²) in [7, 11) is 0. The molecule has 0 aromatic rings. The SMILES string of the molecule is CCNC1CC2CCCC(C1)N2C1CCCCCC1O. The van der Waals surface area contributed by atoms with Crippen LogP contribution in [0.4, 0.5) is 0 Å². The molecule has 0 radical (unpaired) electrons. The largest absolute Gasteiger partial charge is 0.391 e. The first-order valence-corrected chi connectivity index (χ1v) is 8.98. The number of aliphatic hydroxyl groups excluding tert-OH is 1. The van der Waals surface area contributed by atoms with Crippen LogP contribution in [0, 0.1) is 0 Å². The highest BCUT2D eigenvalue weighted by atomic mass is 16.3. The van der Waals surface area contributed by atoms with Crippen molar-refractivity contribution in [3.05, 3.63) is 0 Å². The minimum absolute atomic E-state index is 0.0729. The average molecular weight is 280 g/mol.